The van der Waals surface area contributed by atoms with Gasteiger partial charge in [0.25, 0.3) is 5.91 Å². The zero-order valence-corrected chi connectivity index (χ0v) is 6.93. The zero-order chi connectivity index (χ0) is 8.53. The van der Waals surface area contributed by atoms with Crippen molar-refractivity contribution in [3.63, 3.8) is 0 Å². The fourth-order valence-electron chi connectivity index (χ4n) is 0.805. The molecule has 0 bridgehead atoms. The molecule has 0 fully saturated rings. The Morgan fingerprint density at radius 3 is 2.64 bits per heavy atom. The van der Waals surface area contributed by atoms with Crippen LogP contribution >= 0.6 is 0 Å². The molecule has 11 heavy (non-hydrogen) atoms. The standard InChI is InChI=1S/C8H15NO2/c1-2-3-4-5-6-9-8(11)7-10/h7H,2-6H2,1H3,(H,9,11). The molecule has 0 aliphatic rings. The zero-order valence-electron chi connectivity index (χ0n) is 6.93. The third-order valence-electron chi connectivity index (χ3n) is 1.44. The molecule has 1 amide bonds. The first-order chi connectivity index (χ1) is 5.31. The number of hydrogen-bond acceptors (Lipinski definition) is 2. The van der Waals surface area contributed by atoms with E-state index in [1.54, 1.807) is 0 Å². The molecule has 64 valence electrons. The molecule has 0 atom stereocenters. The smallest absolute Gasteiger partial charge is 0.284 e. The highest BCUT2D eigenvalue weighted by Crippen LogP contribution is 1.96. The van der Waals surface area contributed by atoms with Crippen LogP contribution in [0.15, 0.2) is 0 Å². The van der Waals surface area contributed by atoms with Crippen LogP contribution in [0.5, 0.6) is 0 Å². The molecule has 0 aliphatic carbocycles. The van der Waals surface area contributed by atoms with Gasteiger partial charge in [0.1, 0.15) is 0 Å². The average molecular weight is 157 g/mol. The molecular formula is C8H15NO2. The summed E-state index contributed by atoms with van der Waals surface area (Å²) >= 11 is 0. The first kappa shape index (κ1) is 10.1. The lowest BCUT2D eigenvalue weighted by atomic mass is 10.2. The Balaban J connectivity index is 3.01. The number of nitrogens with one attached hydrogen (secondary N) is 1. The van der Waals surface area contributed by atoms with E-state index in [0.29, 0.717) is 12.8 Å². The van der Waals surface area contributed by atoms with Crippen LogP contribution in [0.3, 0.4) is 0 Å². The van der Waals surface area contributed by atoms with E-state index in [1.165, 1.54) is 12.8 Å². The van der Waals surface area contributed by atoms with Gasteiger partial charge in [0, 0.05) is 6.54 Å². The fourth-order valence-corrected chi connectivity index (χ4v) is 0.805. The second-order valence-electron chi connectivity index (χ2n) is 2.47. The number of rotatable bonds is 6. The van der Waals surface area contributed by atoms with Crippen LogP contribution in [0.2, 0.25) is 0 Å². The maximum Gasteiger partial charge on any atom is 0.284 e. The van der Waals surface area contributed by atoms with E-state index in [2.05, 4.69) is 12.2 Å². The molecule has 0 aromatic heterocycles. The van der Waals surface area contributed by atoms with Crippen molar-refractivity contribution < 1.29 is 9.59 Å². The molecule has 0 heterocycles. The summed E-state index contributed by atoms with van der Waals surface area (Å²) in [6, 6.07) is 0. The summed E-state index contributed by atoms with van der Waals surface area (Å²) in [5.74, 6) is -0.513. The minimum absolute atomic E-state index is 0.305. The maximum absolute atomic E-state index is 10.4. The van der Waals surface area contributed by atoms with Crippen molar-refractivity contribution in [2.45, 2.75) is 32.6 Å². The Bertz CT molecular complexity index is 123. The van der Waals surface area contributed by atoms with Gasteiger partial charge in [0.05, 0.1) is 0 Å². The average Bonchev–Trinajstić information content (AvgIpc) is 2.04. The Morgan fingerprint density at radius 2 is 2.09 bits per heavy atom. The molecule has 0 radical (unpaired) electrons. The number of aldehydes is 1. The van der Waals surface area contributed by atoms with Gasteiger partial charge in [-0.1, -0.05) is 26.2 Å². The number of carbonyl (C=O) groups excluding carboxylic acids is 2. The predicted molar refractivity (Wildman–Crippen MR) is 43.2 cm³/mol. The molecular weight excluding hydrogens is 142 g/mol. The van der Waals surface area contributed by atoms with Crippen molar-refractivity contribution in [3.8, 4) is 0 Å². The SMILES string of the molecule is CCCCCCNC(=O)C=O. The number of carbonyl (C=O) groups is 2. The van der Waals surface area contributed by atoms with Crippen molar-refractivity contribution in [2.75, 3.05) is 6.54 Å². The van der Waals surface area contributed by atoms with Crippen molar-refractivity contribution in [3.05, 3.63) is 0 Å². The molecule has 0 aromatic carbocycles. The molecule has 0 rings (SSSR count). The highest BCUT2D eigenvalue weighted by Gasteiger charge is 1.94. The second-order valence-corrected chi connectivity index (χ2v) is 2.47. The summed E-state index contributed by atoms with van der Waals surface area (Å²) in [5, 5.41) is 2.48. The summed E-state index contributed by atoms with van der Waals surface area (Å²) in [7, 11) is 0. The Kier molecular flexibility index (Phi) is 6.68. The Labute approximate surface area is 67.2 Å². The van der Waals surface area contributed by atoms with Crippen LogP contribution in [-0.2, 0) is 9.59 Å². The van der Waals surface area contributed by atoms with Gasteiger partial charge in [-0.3, -0.25) is 9.59 Å². The summed E-state index contributed by atoms with van der Waals surface area (Å²) in [6.07, 6.45) is 4.77. The fraction of sp³-hybridized carbons (Fsp3) is 0.750. The molecule has 0 saturated carbocycles. The lowest BCUT2D eigenvalue weighted by Crippen LogP contribution is -2.24. The first-order valence-electron chi connectivity index (χ1n) is 4.04. The minimum Gasteiger partial charge on any atom is -0.350 e. The summed E-state index contributed by atoms with van der Waals surface area (Å²) in [5.41, 5.74) is 0. The number of amides is 1. The molecule has 3 heteroatoms. The Morgan fingerprint density at radius 1 is 1.36 bits per heavy atom. The first-order valence-corrected chi connectivity index (χ1v) is 4.04. The number of hydrogen-bond donors (Lipinski definition) is 1. The Hall–Kier alpha value is -0.860. The third-order valence-corrected chi connectivity index (χ3v) is 1.44. The highest BCUT2D eigenvalue weighted by atomic mass is 16.2. The molecule has 0 saturated heterocycles. The molecule has 0 unspecified atom stereocenters. The van der Waals surface area contributed by atoms with Gasteiger partial charge in [-0.05, 0) is 6.42 Å². The van der Waals surface area contributed by atoms with Crippen LogP contribution < -0.4 is 5.32 Å². The summed E-state index contributed by atoms with van der Waals surface area (Å²) < 4.78 is 0. The highest BCUT2D eigenvalue weighted by molar-refractivity contribution is 6.23. The normalized spacial score (nSPS) is 9.18. The van der Waals surface area contributed by atoms with Gasteiger partial charge < -0.3 is 5.32 Å². The van der Waals surface area contributed by atoms with Crippen LogP contribution in [-0.4, -0.2) is 18.7 Å². The lowest BCUT2D eigenvalue weighted by Gasteiger charge is -1.98. The molecule has 1 N–H and O–H groups in total. The third kappa shape index (κ3) is 7.03. The maximum atomic E-state index is 10.4. The van der Waals surface area contributed by atoms with E-state index in [9.17, 15) is 9.59 Å². The van der Waals surface area contributed by atoms with Gasteiger partial charge in [0.2, 0.25) is 6.29 Å². The second kappa shape index (κ2) is 7.25. The van der Waals surface area contributed by atoms with E-state index in [-0.39, 0.29) is 0 Å². The summed E-state index contributed by atoms with van der Waals surface area (Å²) in [4.78, 5) is 20.2. The number of unbranched alkanes of at least 4 members (excludes halogenated alkanes) is 3. The molecule has 0 spiro atoms. The molecule has 3 nitrogen and oxygen atoms in total. The van der Waals surface area contributed by atoms with Gasteiger partial charge in [0.15, 0.2) is 0 Å². The van der Waals surface area contributed by atoms with E-state index in [0.717, 1.165) is 12.8 Å². The van der Waals surface area contributed by atoms with E-state index in [1.807, 2.05) is 0 Å². The topological polar surface area (TPSA) is 46.2 Å². The van der Waals surface area contributed by atoms with Crippen LogP contribution in [0, 0.1) is 0 Å². The van der Waals surface area contributed by atoms with Crippen molar-refractivity contribution in [2.24, 2.45) is 0 Å². The van der Waals surface area contributed by atoms with Gasteiger partial charge >= 0.3 is 0 Å². The van der Waals surface area contributed by atoms with Gasteiger partial charge in [-0.15, -0.1) is 0 Å². The summed E-state index contributed by atoms with van der Waals surface area (Å²) in [6.45, 7) is 2.75. The van der Waals surface area contributed by atoms with E-state index >= 15 is 0 Å². The molecule has 0 aliphatic heterocycles. The monoisotopic (exact) mass is 157 g/mol. The minimum atomic E-state index is -0.513. The molecule has 0 aromatic rings. The van der Waals surface area contributed by atoms with Gasteiger partial charge in [-0.25, -0.2) is 0 Å². The van der Waals surface area contributed by atoms with Crippen LogP contribution in [0.4, 0.5) is 0 Å². The van der Waals surface area contributed by atoms with Crippen LogP contribution in [0.1, 0.15) is 32.6 Å². The van der Waals surface area contributed by atoms with Crippen molar-refractivity contribution in [1.29, 1.82) is 0 Å². The van der Waals surface area contributed by atoms with E-state index in [4.69, 9.17) is 0 Å². The van der Waals surface area contributed by atoms with Crippen molar-refractivity contribution >= 4 is 12.2 Å². The predicted octanol–water partition coefficient (Wildman–Crippen LogP) is 0.882. The quantitative estimate of drug-likeness (QED) is 0.353. The van der Waals surface area contributed by atoms with E-state index < -0.39 is 5.91 Å². The van der Waals surface area contributed by atoms with Gasteiger partial charge in [-0.2, -0.15) is 0 Å². The lowest BCUT2D eigenvalue weighted by molar-refractivity contribution is -0.131. The van der Waals surface area contributed by atoms with Crippen molar-refractivity contribution in [1.82, 2.24) is 5.32 Å². The largest absolute Gasteiger partial charge is 0.350 e. The van der Waals surface area contributed by atoms with Crippen LogP contribution in [0.25, 0.3) is 0 Å².